The molecule has 0 bridgehead atoms. The number of halogens is 1. The third kappa shape index (κ3) is 4.09. The first-order valence-electron chi connectivity index (χ1n) is 9.79. The van der Waals surface area contributed by atoms with Crippen LogP contribution in [0, 0.1) is 5.82 Å². The highest BCUT2D eigenvalue weighted by Gasteiger charge is 2.26. The number of fused-ring (bicyclic) bond motifs is 1. The number of hydrogen-bond acceptors (Lipinski definition) is 4. The van der Waals surface area contributed by atoms with Gasteiger partial charge in [-0.1, -0.05) is 24.3 Å². The molecule has 4 rings (SSSR count). The van der Waals surface area contributed by atoms with Crippen LogP contribution in [0.1, 0.15) is 29.0 Å². The number of benzene rings is 2. The molecule has 28 heavy (non-hydrogen) atoms. The van der Waals surface area contributed by atoms with Crippen molar-refractivity contribution in [1.82, 2.24) is 10.2 Å². The maximum atomic E-state index is 14.5. The van der Waals surface area contributed by atoms with E-state index in [0.717, 1.165) is 41.9 Å². The fourth-order valence-electron chi connectivity index (χ4n) is 4.08. The first-order chi connectivity index (χ1) is 13.6. The number of carbonyl (C=O) groups excluding carboxylic acids is 1. The van der Waals surface area contributed by atoms with E-state index in [9.17, 15) is 9.18 Å². The van der Waals surface area contributed by atoms with Crippen LogP contribution in [0.15, 0.2) is 42.5 Å². The highest BCUT2D eigenvalue weighted by Crippen LogP contribution is 2.36. The molecule has 1 saturated heterocycles. The zero-order valence-electron chi connectivity index (χ0n) is 16.1. The summed E-state index contributed by atoms with van der Waals surface area (Å²) in [6.45, 7) is 3.35. The number of morpholine rings is 1. The summed E-state index contributed by atoms with van der Waals surface area (Å²) in [6.07, 6.45) is 0.861. The monoisotopic (exact) mass is 383 g/mol. The van der Waals surface area contributed by atoms with Crippen molar-refractivity contribution in [2.75, 3.05) is 38.7 Å². The Balaban J connectivity index is 1.61. The summed E-state index contributed by atoms with van der Waals surface area (Å²) in [5, 5.41) is 6.16. The summed E-state index contributed by atoms with van der Waals surface area (Å²) in [5.74, 6) is -0.240. The van der Waals surface area contributed by atoms with E-state index >= 15 is 0 Å². The number of carbonyl (C=O) groups is 1. The molecular weight excluding hydrogens is 357 g/mol. The topological polar surface area (TPSA) is 53.6 Å². The standard InChI is InChI=1S/C22H26FN3O2/c1-26-10-8-18(19-4-2-3-5-20(19)23)17-7-6-16(12-15(17)13-26)25-22(27)21-14-28-11-9-24-21/h2-7,12,18,21,24H,8-11,13-14H2,1H3,(H,25,27). The summed E-state index contributed by atoms with van der Waals surface area (Å²) in [5.41, 5.74) is 3.75. The SMILES string of the molecule is CN1CCC(c2ccccc2F)c2ccc(NC(=O)C3COCCN3)cc2C1. The van der Waals surface area contributed by atoms with Gasteiger partial charge in [-0.2, -0.15) is 0 Å². The molecule has 2 aliphatic heterocycles. The zero-order chi connectivity index (χ0) is 19.5. The summed E-state index contributed by atoms with van der Waals surface area (Å²) in [7, 11) is 2.07. The van der Waals surface area contributed by atoms with Crippen LogP contribution in [-0.2, 0) is 16.1 Å². The molecule has 2 aromatic rings. The first kappa shape index (κ1) is 19.1. The van der Waals surface area contributed by atoms with Crippen LogP contribution in [0.4, 0.5) is 10.1 Å². The van der Waals surface area contributed by atoms with Gasteiger partial charge >= 0.3 is 0 Å². The predicted molar refractivity (Wildman–Crippen MR) is 107 cm³/mol. The predicted octanol–water partition coefficient (Wildman–Crippen LogP) is 2.72. The highest BCUT2D eigenvalue weighted by molar-refractivity contribution is 5.95. The van der Waals surface area contributed by atoms with Gasteiger partial charge < -0.3 is 20.3 Å². The van der Waals surface area contributed by atoms with Crippen LogP contribution < -0.4 is 10.6 Å². The highest BCUT2D eigenvalue weighted by atomic mass is 19.1. The second-order valence-electron chi connectivity index (χ2n) is 7.59. The third-order valence-electron chi connectivity index (χ3n) is 5.54. The van der Waals surface area contributed by atoms with Crippen LogP contribution >= 0.6 is 0 Å². The lowest BCUT2D eigenvalue weighted by Crippen LogP contribution is -2.48. The molecule has 0 spiro atoms. The summed E-state index contributed by atoms with van der Waals surface area (Å²) < 4.78 is 19.8. The van der Waals surface area contributed by atoms with Gasteiger partial charge in [0.15, 0.2) is 0 Å². The molecule has 0 aliphatic carbocycles. The van der Waals surface area contributed by atoms with Gasteiger partial charge in [0.05, 0.1) is 13.2 Å². The molecule has 5 nitrogen and oxygen atoms in total. The molecule has 2 heterocycles. The fraction of sp³-hybridized carbons (Fsp3) is 0.409. The van der Waals surface area contributed by atoms with Crippen LogP contribution in [0.25, 0.3) is 0 Å². The van der Waals surface area contributed by atoms with Crippen molar-refractivity contribution in [2.24, 2.45) is 0 Å². The smallest absolute Gasteiger partial charge is 0.243 e. The molecule has 0 radical (unpaired) electrons. The van der Waals surface area contributed by atoms with E-state index in [-0.39, 0.29) is 23.7 Å². The molecule has 2 N–H and O–H groups in total. The second-order valence-corrected chi connectivity index (χ2v) is 7.59. The van der Waals surface area contributed by atoms with E-state index in [2.05, 4.69) is 22.6 Å². The first-order valence-corrected chi connectivity index (χ1v) is 9.79. The lowest BCUT2D eigenvalue weighted by molar-refractivity contribution is -0.120. The maximum Gasteiger partial charge on any atom is 0.243 e. The molecule has 2 aromatic carbocycles. The second kappa shape index (κ2) is 8.39. The van der Waals surface area contributed by atoms with Crippen molar-refractivity contribution in [2.45, 2.75) is 24.9 Å². The van der Waals surface area contributed by atoms with E-state index in [0.29, 0.717) is 19.8 Å². The number of nitrogens with one attached hydrogen (secondary N) is 2. The van der Waals surface area contributed by atoms with Crippen molar-refractivity contribution in [3.8, 4) is 0 Å². The Labute approximate surface area is 164 Å². The Morgan fingerprint density at radius 3 is 2.89 bits per heavy atom. The molecule has 148 valence electrons. The molecule has 6 heteroatoms. The van der Waals surface area contributed by atoms with Crippen molar-refractivity contribution >= 4 is 11.6 Å². The number of nitrogens with zero attached hydrogens (tertiary/aromatic N) is 1. The molecule has 0 aromatic heterocycles. The van der Waals surface area contributed by atoms with Crippen LogP contribution in [0.5, 0.6) is 0 Å². The maximum absolute atomic E-state index is 14.5. The Morgan fingerprint density at radius 1 is 1.25 bits per heavy atom. The molecule has 2 atom stereocenters. The van der Waals surface area contributed by atoms with E-state index in [1.54, 1.807) is 6.07 Å². The van der Waals surface area contributed by atoms with E-state index < -0.39 is 0 Å². The summed E-state index contributed by atoms with van der Waals surface area (Å²) in [6, 6.07) is 12.7. The van der Waals surface area contributed by atoms with Gasteiger partial charge in [0.1, 0.15) is 11.9 Å². The number of hydrogen-bond donors (Lipinski definition) is 2. The van der Waals surface area contributed by atoms with Gasteiger partial charge in [0, 0.05) is 24.7 Å². The average molecular weight is 383 g/mol. The minimum atomic E-state index is -0.332. The zero-order valence-corrected chi connectivity index (χ0v) is 16.1. The number of ether oxygens (including phenoxy) is 1. The summed E-state index contributed by atoms with van der Waals surface area (Å²) >= 11 is 0. The van der Waals surface area contributed by atoms with Crippen LogP contribution in [0.3, 0.4) is 0 Å². The summed E-state index contributed by atoms with van der Waals surface area (Å²) in [4.78, 5) is 14.7. The quantitative estimate of drug-likeness (QED) is 0.856. The van der Waals surface area contributed by atoms with Gasteiger partial charge in [-0.25, -0.2) is 4.39 Å². The number of anilines is 1. The fourth-order valence-corrected chi connectivity index (χ4v) is 4.08. The molecular formula is C22H26FN3O2. The van der Waals surface area contributed by atoms with Crippen LogP contribution in [-0.4, -0.2) is 50.2 Å². The molecule has 1 amide bonds. The Kier molecular flexibility index (Phi) is 5.71. The van der Waals surface area contributed by atoms with Gasteiger partial charge in [-0.3, -0.25) is 4.79 Å². The lowest BCUT2D eigenvalue weighted by Gasteiger charge is -2.23. The van der Waals surface area contributed by atoms with Gasteiger partial charge in [0.2, 0.25) is 5.91 Å². The Morgan fingerprint density at radius 2 is 2.11 bits per heavy atom. The third-order valence-corrected chi connectivity index (χ3v) is 5.54. The molecule has 0 saturated carbocycles. The van der Waals surface area contributed by atoms with Crippen molar-refractivity contribution in [3.05, 3.63) is 65.0 Å². The Hall–Kier alpha value is -2.28. The van der Waals surface area contributed by atoms with Gasteiger partial charge in [-0.05, 0) is 54.9 Å². The normalized spacial score (nSPS) is 22.9. The minimum absolute atomic E-state index is 0.0133. The molecule has 2 unspecified atom stereocenters. The minimum Gasteiger partial charge on any atom is -0.378 e. The van der Waals surface area contributed by atoms with Crippen molar-refractivity contribution in [1.29, 1.82) is 0 Å². The average Bonchev–Trinajstić information content (AvgIpc) is 2.87. The van der Waals surface area contributed by atoms with Crippen molar-refractivity contribution in [3.63, 3.8) is 0 Å². The number of rotatable bonds is 3. The van der Waals surface area contributed by atoms with E-state index in [1.165, 1.54) is 6.07 Å². The van der Waals surface area contributed by atoms with Gasteiger partial charge in [-0.15, -0.1) is 0 Å². The molecule has 2 aliphatic rings. The largest absolute Gasteiger partial charge is 0.378 e. The van der Waals surface area contributed by atoms with Crippen molar-refractivity contribution < 1.29 is 13.9 Å². The Bertz CT molecular complexity index is 851. The van der Waals surface area contributed by atoms with Crippen LogP contribution in [0.2, 0.25) is 0 Å². The lowest BCUT2D eigenvalue weighted by atomic mass is 9.86. The number of amides is 1. The van der Waals surface area contributed by atoms with E-state index in [4.69, 9.17) is 4.74 Å². The van der Waals surface area contributed by atoms with Gasteiger partial charge in [0.25, 0.3) is 0 Å². The van der Waals surface area contributed by atoms with E-state index in [1.807, 2.05) is 30.3 Å². The molecule has 1 fully saturated rings.